The Morgan fingerprint density at radius 2 is 1.29 bits per heavy atom. The van der Waals surface area contributed by atoms with E-state index in [9.17, 15) is 75.7 Å². The molecule has 8 aliphatic rings. The van der Waals surface area contributed by atoms with Crippen LogP contribution in [0.4, 0.5) is 0 Å². The lowest BCUT2D eigenvalue weighted by molar-refractivity contribution is -0.392. The van der Waals surface area contributed by atoms with Crippen molar-refractivity contribution in [3.63, 3.8) is 0 Å². The van der Waals surface area contributed by atoms with Crippen LogP contribution in [0.5, 0.6) is 0 Å². The van der Waals surface area contributed by atoms with Gasteiger partial charge in [-0.3, -0.25) is 4.79 Å². The normalized spacial score (nSPS) is 50.1. The lowest BCUT2D eigenvalue weighted by Gasteiger charge is -2.72. The van der Waals surface area contributed by atoms with E-state index in [1.54, 1.807) is 19.9 Å². The van der Waals surface area contributed by atoms with E-state index in [0.29, 0.717) is 37.7 Å². The van der Waals surface area contributed by atoms with Gasteiger partial charge < -0.3 is 104 Å². The first-order valence-electron chi connectivity index (χ1n) is 28.1. The number of carbonyl (C=O) groups is 3. The number of rotatable bonds is 14. The van der Waals surface area contributed by atoms with Crippen LogP contribution in [0.1, 0.15) is 107 Å². The fourth-order valence-electron chi connectivity index (χ4n) is 16.2. The van der Waals surface area contributed by atoms with Crippen molar-refractivity contribution in [1.82, 2.24) is 0 Å². The van der Waals surface area contributed by atoms with Gasteiger partial charge in [0.1, 0.15) is 86.0 Å². The number of aliphatic hydroxyl groups is 12. The van der Waals surface area contributed by atoms with Crippen LogP contribution in [0.2, 0.25) is 0 Å². The van der Waals surface area contributed by atoms with E-state index in [1.807, 2.05) is 20.8 Å². The Hall–Kier alpha value is -2.83. The molecule has 24 nitrogen and oxygen atoms in total. The molecule has 0 aromatic carbocycles. The zero-order valence-corrected chi connectivity index (χ0v) is 47.4. The first-order chi connectivity index (χ1) is 37.4. The molecular weight excluding hydrogens is 1060 g/mol. The van der Waals surface area contributed by atoms with Gasteiger partial charge in [-0.05, 0) is 92.8 Å². The molecule has 12 N–H and O–H groups in total. The van der Waals surface area contributed by atoms with Crippen molar-refractivity contribution >= 4 is 17.9 Å². The van der Waals surface area contributed by atoms with Gasteiger partial charge in [0.05, 0.1) is 44.6 Å². The van der Waals surface area contributed by atoms with Gasteiger partial charge >= 0.3 is 17.9 Å². The van der Waals surface area contributed by atoms with E-state index in [1.165, 1.54) is 6.92 Å². The van der Waals surface area contributed by atoms with Crippen LogP contribution < -0.4 is 0 Å². The Bertz CT molecular complexity index is 2310. The summed E-state index contributed by atoms with van der Waals surface area (Å²) in [6, 6.07) is 0. The summed E-state index contributed by atoms with van der Waals surface area (Å²) >= 11 is 0. The summed E-state index contributed by atoms with van der Waals surface area (Å²) in [5.41, 5.74) is -3.68. The van der Waals surface area contributed by atoms with Crippen LogP contribution in [0.25, 0.3) is 0 Å². The number of methoxy groups -OCH3 is 1. The quantitative estimate of drug-likeness (QED) is 0.0318. The number of esters is 3. The first-order valence-corrected chi connectivity index (χ1v) is 28.1. The van der Waals surface area contributed by atoms with Gasteiger partial charge in [0.2, 0.25) is 0 Å². The lowest BCUT2D eigenvalue weighted by Crippen LogP contribution is -2.72. The van der Waals surface area contributed by atoms with Crippen molar-refractivity contribution in [2.45, 2.75) is 224 Å². The summed E-state index contributed by atoms with van der Waals surface area (Å²) in [4.78, 5) is 39.6. The van der Waals surface area contributed by atoms with Crippen molar-refractivity contribution in [3.05, 3.63) is 23.3 Å². The molecule has 24 heteroatoms. The minimum Gasteiger partial charge on any atom is -0.467 e. The third-order valence-corrected chi connectivity index (χ3v) is 21.2. The van der Waals surface area contributed by atoms with Gasteiger partial charge in [-0.25, -0.2) is 9.59 Å². The van der Waals surface area contributed by atoms with Gasteiger partial charge in [-0.1, -0.05) is 59.3 Å². The molecule has 0 aromatic heterocycles. The zero-order valence-electron chi connectivity index (χ0n) is 47.4. The van der Waals surface area contributed by atoms with Gasteiger partial charge in [0, 0.05) is 23.3 Å². The second kappa shape index (κ2) is 23.2. The highest BCUT2D eigenvalue weighted by Gasteiger charge is 2.74. The topological polar surface area (TPSA) is 377 Å². The summed E-state index contributed by atoms with van der Waals surface area (Å²) < 4.78 is 53.5. The molecule has 3 aliphatic heterocycles. The van der Waals surface area contributed by atoms with Gasteiger partial charge in [-0.2, -0.15) is 0 Å². The molecule has 456 valence electrons. The van der Waals surface area contributed by atoms with Crippen molar-refractivity contribution in [2.24, 2.45) is 50.2 Å². The summed E-state index contributed by atoms with van der Waals surface area (Å²) in [6.07, 6.45) is -25.7. The highest BCUT2D eigenvalue weighted by molar-refractivity contribution is 5.87. The molecule has 0 radical (unpaired) electrons. The number of allylic oxidation sites excluding steroid dienone is 3. The molecule has 27 atom stereocenters. The number of hydrogen-bond donors (Lipinski definition) is 12. The SMILES string of the molecule is C/C=C(/C)C(=O)O[C@H]1[C@H](O)[C@]2(COC(C)=O)[C@H](O)C[C@]3(C)C(=CC[C@@H]4[C@@]5(C)CC[C@H](O[C@@H]6O[C@H](C(=O)OC)[C@@H](O[C@@H]7O[C@H](CO)[C@@H](O)[C@H](O)[C@H]7O)[C@H](O)[C@H]6O[C@@H]6O[C@H](CO)[C@@H](O)[C@H](O)[C@H]6O)[C@](C)(CO)[C@@H]5CC[C@]43C)[C@@H]2CC1(C)C. The highest BCUT2D eigenvalue weighted by atomic mass is 16.8. The van der Waals surface area contributed by atoms with Crippen molar-refractivity contribution < 1.29 is 118 Å². The van der Waals surface area contributed by atoms with E-state index in [4.69, 9.17) is 42.6 Å². The minimum atomic E-state index is -2.09. The Morgan fingerprint density at radius 3 is 1.82 bits per heavy atom. The summed E-state index contributed by atoms with van der Waals surface area (Å²) in [5, 5.41) is 134. The number of hydrogen-bond acceptors (Lipinski definition) is 24. The molecule has 0 aromatic rings. The lowest BCUT2D eigenvalue weighted by atomic mass is 9.33. The molecule has 4 saturated carbocycles. The summed E-state index contributed by atoms with van der Waals surface area (Å²) in [6.45, 7) is 14.5. The zero-order chi connectivity index (χ0) is 59.1. The van der Waals surface area contributed by atoms with Crippen molar-refractivity contribution in [1.29, 1.82) is 0 Å². The molecule has 5 aliphatic carbocycles. The van der Waals surface area contributed by atoms with E-state index in [2.05, 4.69) is 26.8 Å². The van der Waals surface area contributed by atoms with E-state index < -0.39 is 193 Å². The van der Waals surface area contributed by atoms with Crippen LogP contribution in [0, 0.1) is 50.2 Å². The number of fused-ring (bicyclic) bond motifs is 7. The maximum atomic E-state index is 13.7. The minimum absolute atomic E-state index is 0.0689. The van der Waals surface area contributed by atoms with Crippen LogP contribution in [-0.4, -0.2) is 229 Å². The molecule has 0 bridgehead atoms. The monoisotopic (exact) mass is 1140 g/mol. The van der Waals surface area contributed by atoms with Crippen LogP contribution in [-0.2, 0) is 57.0 Å². The van der Waals surface area contributed by atoms with Crippen LogP contribution in [0.3, 0.4) is 0 Å². The first kappa shape index (κ1) is 63.2. The predicted octanol–water partition coefficient (Wildman–Crippen LogP) is -1.23. The third kappa shape index (κ3) is 10.1. The molecule has 3 heterocycles. The molecule has 0 spiro atoms. The number of carbonyl (C=O) groups excluding carboxylic acids is 3. The van der Waals surface area contributed by atoms with E-state index >= 15 is 0 Å². The van der Waals surface area contributed by atoms with Gasteiger partial charge in [-0.15, -0.1) is 0 Å². The summed E-state index contributed by atoms with van der Waals surface area (Å²) in [5.74, 6) is -3.18. The fourth-order valence-corrected chi connectivity index (χ4v) is 16.2. The molecule has 80 heavy (non-hydrogen) atoms. The maximum Gasteiger partial charge on any atom is 0.337 e. The van der Waals surface area contributed by atoms with Crippen molar-refractivity contribution in [3.8, 4) is 0 Å². The Kier molecular flexibility index (Phi) is 18.3. The highest BCUT2D eigenvalue weighted by Crippen LogP contribution is 2.76. The summed E-state index contributed by atoms with van der Waals surface area (Å²) in [7, 11) is 1.02. The standard InChI is InChI=1S/C56H88O24/c1-11-24(2)46(70)80-45-44(69)56(23-73-25(3)60)27(18-51(45,4)5)26-12-13-31-52(6)16-15-33(53(7,22-59)30(52)14-17-54(31,8)55(26,9)19-32(56)61)76-50-42(78-49-39(67)37(65)35(63)29(21-58)75-49)40(68)41(43(79-50)47(71)72-10)77-48-38(66)36(64)34(62)28(20-57)74-48/h11-12,27-45,48-50,57-59,61-69H,13-23H2,1-10H3/b24-11-/t27-,28+,29+,30+,31+,32+,33-,34+,35+,36-,37-,38+,39+,40-,41-,42+,43-,44-,45-,48-,49-,50+,52-,53+,54+,55+,56-/m0/s1. The molecule has 0 unspecified atom stereocenters. The number of ether oxygens (including phenoxy) is 9. The maximum absolute atomic E-state index is 13.7. The number of aliphatic hydroxyl groups excluding tert-OH is 12. The molecule has 3 saturated heterocycles. The Balaban J connectivity index is 1.12. The largest absolute Gasteiger partial charge is 0.467 e. The Labute approximate surface area is 465 Å². The molecule has 0 amide bonds. The second-order valence-electron chi connectivity index (χ2n) is 25.8. The fraction of sp³-hybridized carbons (Fsp3) is 0.875. The van der Waals surface area contributed by atoms with Crippen molar-refractivity contribution in [2.75, 3.05) is 33.5 Å². The van der Waals surface area contributed by atoms with Crippen LogP contribution >= 0.6 is 0 Å². The van der Waals surface area contributed by atoms with E-state index in [0.717, 1.165) is 12.7 Å². The van der Waals surface area contributed by atoms with Gasteiger partial charge in [0.25, 0.3) is 0 Å². The van der Waals surface area contributed by atoms with E-state index in [-0.39, 0.29) is 31.3 Å². The molecule has 7 fully saturated rings. The Morgan fingerprint density at radius 1 is 0.700 bits per heavy atom. The molecular formula is C56H88O24. The third-order valence-electron chi connectivity index (χ3n) is 21.2. The van der Waals surface area contributed by atoms with Gasteiger partial charge in [0.15, 0.2) is 25.0 Å². The average Bonchev–Trinajstić information content (AvgIpc) is 2.43. The van der Waals surface area contributed by atoms with Crippen LogP contribution in [0.15, 0.2) is 23.3 Å². The predicted molar refractivity (Wildman–Crippen MR) is 273 cm³/mol. The second-order valence-corrected chi connectivity index (χ2v) is 25.8. The average molecular weight is 1150 g/mol. The molecule has 8 rings (SSSR count). The smallest absolute Gasteiger partial charge is 0.337 e.